The highest BCUT2D eigenvalue weighted by Gasteiger charge is 2.40. The summed E-state index contributed by atoms with van der Waals surface area (Å²) in [5, 5.41) is 8.59. The summed E-state index contributed by atoms with van der Waals surface area (Å²) in [6.07, 6.45) is 2.88. The molecule has 0 unspecified atom stereocenters. The molecule has 0 spiro atoms. The third kappa shape index (κ3) is 11.8. The van der Waals surface area contributed by atoms with Crippen molar-refractivity contribution in [2.45, 2.75) is 116 Å². The molecule has 0 saturated carbocycles. The SMILES string of the molecule is C[C@H](NC(=O)[C@@H]1CCCN1C(=O)[C@H](NC(=O)OC(C)(C)C)c1ccccc1)c1ccc(C#Cc2cnc([C@@H]3CCCN3C(=O)[C@H](NC(=O)OC(C)(C)C)c3ccccc3)[nH]2)cc1. The van der Waals surface area contributed by atoms with Gasteiger partial charge in [-0.05, 0) is 109 Å². The van der Waals surface area contributed by atoms with Crippen LogP contribution in [0, 0.1) is 11.8 Å². The first kappa shape index (κ1) is 44.9. The van der Waals surface area contributed by atoms with Crippen LogP contribution in [0.5, 0.6) is 0 Å². The lowest BCUT2D eigenvalue weighted by atomic mass is 10.0. The number of aromatic nitrogens is 2. The second-order valence-corrected chi connectivity index (χ2v) is 17.6. The highest BCUT2D eigenvalue weighted by Crippen LogP contribution is 2.33. The summed E-state index contributed by atoms with van der Waals surface area (Å²) in [6, 6.07) is 22.3. The maximum atomic E-state index is 14.1. The van der Waals surface area contributed by atoms with Crippen LogP contribution >= 0.6 is 0 Å². The second kappa shape index (κ2) is 19.4. The standard InChI is InChI=1S/C48H57N7O7/c1-31(50-42(56)38-21-15-29-55(38)44(58)40(35-18-12-9-13-19-35)53-46(60)62-48(5,6)7)33-25-22-32(23-26-33)24-27-36-30-49-41(51-36)37-20-14-28-54(37)43(57)39(34-16-10-8-11-17-34)52-45(59)61-47(2,3)4/h8-13,16-19,22-23,25-26,30-31,37-40H,14-15,20-21,28-29H2,1-7H3,(H,49,51)(H,50,56)(H,52,59)(H,53,60)/t31-,37-,38-,39+,40+/m0/s1. The molecule has 62 heavy (non-hydrogen) atoms. The zero-order chi connectivity index (χ0) is 44.6. The van der Waals surface area contributed by atoms with Crippen molar-refractivity contribution in [1.29, 1.82) is 0 Å². The van der Waals surface area contributed by atoms with E-state index in [-0.39, 0.29) is 29.8 Å². The fourth-order valence-electron chi connectivity index (χ4n) is 7.62. The van der Waals surface area contributed by atoms with Crippen LogP contribution in [0.25, 0.3) is 0 Å². The molecule has 326 valence electrons. The number of likely N-dealkylation sites (tertiary alicyclic amines) is 2. The maximum absolute atomic E-state index is 14.1. The minimum absolute atomic E-state index is 0.252. The van der Waals surface area contributed by atoms with Crippen LogP contribution in [0.4, 0.5) is 9.59 Å². The summed E-state index contributed by atoms with van der Waals surface area (Å²) < 4.78 is 10.9. The fourth-order valence-corrected chi connectivity index (χ4v) is 7.62. The van der Waals surface area contributed by atoms with Crippen LogP contribution in [0.15, 0.2) is 91.1 Å². The van der Waals surface area contributed by atoms with Gasteiger partial charge in [-0.2, -0.15) is 0 Å². The molecular formula is C48H57N7O7. The number of rotatable bonds is 10. The topological polar surface area (TPSA) is 175 Å². The zero-order valence-electron chi connectivity index (χ0n) is 36.5. The van der Waals surface area contributed by atoms with E-state index in [1.54, 1.807) is 93.9 Å². The molecule has 5 amide bonds. The molecule has 3 heterocycles. The quantitative estimate of drug-likeness (QED) is 0.122. The molecule has 6 rings (SSSR count). The Labute approximate surface area is 363 Å². The number of hydrogen-bond acceptors (Lipinski definition) is 8. The molecule has 1 aromatic heterocycles. The first-order chi connectivity index (χ1) is 29.5. The second-order valence-electron chi connectivity index (χ2n) is 17.6. The lowest BCUT2D eigenvalue weighted by molar-refractivity contribution is -0.140. The van der Waals surface area contributed by atoms with E-state index >= 15 is 0 Å². The third-order valence-corrected chi connectivity index (χ3v) is 10.5. The largest absolute Gasteiger partial charge is 0.444 e. The number of ether oxygens (including phenoxy) is 2. The third-order valence-electron chi connectivity index (χ3n) is 10.5. The van der Waals surface area contributed by atoms with E-state index in [0.29, 0.717) is 55.0 Å². The van der Waals surface area contributed by atoms with Gasteiger partial charge in [0, 0.05) is 18.7 Å². The van der Waals surface area contributed by atoms with Crippen molar-refractivity contribution in [3.8, 4) is 11.8 Å². The minimum Gasteiger partial charge on any atom is -0.444 e. The van der Waals surface area contributed by atoms with Gasteiger partial charge in [0.25, 0.3) is 11.8 Å². The van der Waals surface area contributed by atoms with Gasteiger partial charge in [0.1, 0.15) is 40.8 Å². The van der Waals surface area contributed by atoms with Crippen LogP contribution in [0.2, 0.25) is 0 Å². The molecule has 5 atom stereocenters. The summed E-state index contributed by atoms with van der Waals surface area (Å²) >= 11 is 0. The van der Waals surface area contributed by atoms with E-state index in [9.17, 15) is 24.0 Å². The number of aromatic amines is 1. The van der Waals surface area contributed by atoms with Crippen LogP contribution in [-0.4, -0.2) is 80.0 Å². The van der Waals surface area contributed by atoms with Crippen molar-refractivity contribution in [2.75, 3.05) is 13.1 Å². The van der Waals surface area contributed by atoms with Crippen LogP contribution in [0.1, 0.15) is 132 Å². The van der Waals surface area contributed by atoms with Gasteiger partial charge in [0.05, 0.1) is 18.3 Å². The highest BCUT2D eigenvalue weighted by molar-refractivity contribution is 5.93. The van der Waals surface area contributed by atoms with Gasteiger partial charge in [0.2, 0.25) is 5.91 Å². The number of imidazole rings is 1. The van der Waals surface area contributed by atoms with Crippen LogP contribution < -0.4 is 16.0 Å². The summed E-state index contributed by atoms with van der Waals surface area (Å²) in [4.78, 5) is 78.5. The molecule has 2 aliphatic heterocycles. The Morgan fingerprint density at radius 1 is 0.677 bits per heavy atom. The number of hydrogen-bond donors (Lipinski definition) is 4. The first-order valence-corrected chi connectivity index (χ1v) is 21.1. The molecule has 14 nitrogen and oxygen atoms in total. The number of benzene rings is 3. The number of nitrogens with zero attached hydrogens (tertiary/aromatic N) is 3. The Morgan fingerprint density at radius 3 is 1.74 bits per heavy atom. The van der Waals surface area contributed by atoms with Crippen LogP contribution in [0.3, 0.4) is 0 Å². The van der Waals surface area contributed by atoms with E-state index in [2.05, 4.69) is 37.8 Å². The van der Waals surface area contributed by atoms with Gasteiger partial charge in [-0.1, -0.05) is 78.7 Å². The van der Waals surface area contributed by atoms with Crippen molar-refractivity contribution >= 4 is 29.9 Å². The summed E-state index contributed by atoms with van der Waals surface area (Å²) in [5.74, 6) is 6.01. The van der Waals surface area contributed by atoms with E-state index in [1.807, 2.05) is 55.5 Å². The number of alkyl carbamates (subject to hydrolysis) is 2. The van der Waals surface area contributed by atoms with Gasteiger partial charge >= 0.3 is 12.2 Å². The van der Waals surface area contributed by atoms with Crippen LogP contribution in [-0.2, 0) is 23.9 Å². The molecule has 2 aliphatic rings. The maximum Gasteiger partial charge on any atom is 0.408 e. The number of amides is 5. The molecule has 2 saturated heterocycles. The van der Waals surface area contributed by atoms with Crippen molar-refractivity contribution in [3.05, 3.63) is 125 Å². The highest BCUT2D eigenvalue weighted by atomic mass is 16.6. The Morgan fingerprint density at radius 2 is 1.19 bits per heavy atom. The van der Waals surface area contributed by atoms with Crippen molar-refractivity contribution < 1.29 is 33.4 Å². The Hall–Kier alpha value is -6.62. The molecule has 0 aliphatic carbocycles. The molecule has 3 aromatic carbocycles. The Bertz CT molecular complexity index is 2270. The number of carbonyl (C=O) groups is 5. The summed E-state index contributed by atoms with van der Waals surface area (Å²) in [5.41, 5.74) is 1.96. The normalized spacial score (nSPS) is 17.8. The van der Waals surface area contributed by atoms with Gasteiger partial charge in [-0.25, -0.2) is 14.6 Å². The van der Waals surface area contributed by atoms with E-state index in [4.69, 9.17) is 9.47 Å². The zero-order valence-corrected chi connectivity index (χ0v) is 36.5. The Balaban J connectivity index is 1.07. The molecule has 4 aromatic rings. The van der Waals surface area contributed by atoms with Gasteiger partial charge in [-0.15, -0.1) is 0 Å². The molecule has 4 N–H and O–H groups in total. The summed E-state index contributed by atoms with van der Waals surface area (Å²) in [6.45, 7) is 13.3. The molecule has 2 fully saturated rings. The van der Waals surface area contributed by atoms with Crippen molar-refractivity contribution in [3.63, 3.8) is 0 Å². The van der Waals surface area contributed by atoms with E-state index < -0.39 is 41.5 Å². The lowest BCUT2D eigenvalue weighted by Crippen LogP contribution is -2.50. The fraction of sp³-hybridized carbons (Fsp3) is 0.417. The number of nitrogens with one attached hydrogen (secondary N) is 4. The lowest BCUT2D eigenvalue weighted by Gasteiger charge is -2.30. The van der Waals surface area contributed by atoms with Crippen molar-refractivity contribution in [2.24, 2.45) is 0 Å². The Kier molecular flexibility index (Phi) is 14.1. The minimum atomic E-state index is -1.02. The first-order valence-electron chi connectivity index (χ1n) is 21.1. The molecular weight excluding hydrogens is 787 g/mol. The average molecular weight is 844 g/mol. The van der Waals surface area contributed by atoms with Gasteiger partial charge in [-0.3, -0.25) is 14.4 Å². The van der Waals surface area contributed by atoms with E-state index in [0.717, 1.165) is 17.5 Å². The predicted octanol–water partition coefficient (Wildman–Crippen LogP) is 7.17. The smallest absolute Gasteiger partial charge is 0.408 e. The monoisotopic (exact) mass is 843 g/mol. The summed E-state index contributed by atoms with van der Waals surface area (Å²) in [7, 11) is 0. The van der Waals surface area contributed by atoms with E-state index in [1.165, 1.54) is 0 Å². The van der Waals surface area contributed by atoms with Crippen molar-refractivity contribution in [1.82, 2.24) is 35.7 Å². The van der Waals surface area contributed by atoms with Gasteiger partial charge < -0.3 is 40.2 Å². The predicted molar refractivity (Wildman–Crippen MR) is 233 cm³/mol. The number of carbonyl (C=O) groups excluding carboxylic acids is 5. The molecule has 0 bridgehead atoms. The van der Waals surface area contributed by atoms with Gasteiger partial charge in [0.15, 0.2) is 0 Å². The average Bonchev–Trinajstić information content (AvgIpc) is 4.02. The number of H-pyrrole nitrogens is 1. The molecule has 14 heteroatoms. The molecule has 0 radical (unpaired) electrons.